The normalized spacial score (nSPS) is 18.3. The lowest BCUT2D eigenvalue weighted by molar-refractivity contribution is 0.264. The van der Waals surface area contributed by atoms with Gasteiger partial charge in [-0.05, 0) is 63.2 Å². The third-order valence-corrected chi connectivity index (χ3v) is 4.02. The van der Waals surface area contributed by atoms with E-state index in [0.717, 1.165) is 6.42 Å². The maximum atomic E-state index is 3.70. The third kappa shape index (κ3) is 3.46. The van der Waals surface area contributed by atoms with Crippen LogP contribution in [0.5, 0.6) is 0 Å². The highest BCUT2D eigenvalue weighted by Gasteiger charge is 2.16. The van der Waals surface area contributed by atoms with Crippen molar-refractivity contribution in [3.8, 4) is 0 Å². The van der Waals surface area contributed by atoms with Crippen LogP contribution in [0.15, 0.2) is 22.7 Å². The molecule has 94 valence electrons. The fraction of sp³-hybridized carbons (Fsp3) is 0.571. The second kappa shape index (κ2) is 5.87. The number of halogens is 1. The average molecular weight is 297 g/mol. The number of hydrogen-bond donors (Lipinski definition) is 1. The first-order valence-corrected chi connectivity index (χ1v) is 7.22. The summed E-state index contributed by atoms with van der Waals surface area (Å²) in [5.74, 6) is 0. The van der Waals surface area contributed by atoms with E-state index in [0.29, 0.717) is 6.04 Å². The maximum Gasteiger partial charge on any atom is 0.0375 e. The summed E-state index contributed by atoms with van der Waals surface area (Å²) >= 11 is 3.54. The van der Waals surface area contributed by atoms with Gasteiger partial charge in [-0.3, -0.25) is 0 Å². The minimum atomic E-state index is 0.637. The topological polar surface area (TPSA) is 15.3 Å². The fourth-order valence-electron chi connectivity index (χ4n) is 2.37. The van der Waals surface area contributed by atoms with E-state index in [2.05, 4.69) is 58.3 Å². The molecule has 1 aliphatic rings. The molecule has 0 amide bonds. The average Bonchev–Trinajstić information content (AvgIpc) is 2.34. The van der Waals surface area contributed by atoms with E-state index in [1.165, 1.54) is 41.7 Å². The lowest BCUT2D eigenvalue weighted by atomic mass is 10.0. The smallest absolute Gasteiger partial charge is 0.0375 e. The number of aryl methyl sites for hydroxylation is 1. The second-order valence-electron chi connectivity index (χ2n) is 4.88. The van der Waals surface area contributed by atoms with Crippen LogP contribution in [-0.2, 0) is 6.42 Å². The standard InChI is InChI=1S/C14H21BrN2/c1-3-11-10-12(15)4-5-14(11)16-13-6-8-17(2)9-7-13/h4-5,10,13,16H,3,6-9H2,1-2H3. The van der Waals surface area contributed by atoms with Gasteiger partial charge in [0, 0.05) is 16.2 Å². The van der Waals surface area contributed by atoms with Gasteiger partial charge in [0.25, 0.3) is 0 Å². The summed E-state index contributed by atoms with van der Waals surface area (Å²) in [6.07, 6.45) is 3.57. The molecule has 0 saturated carbocycles. The largest absolute Gasteiger partial charge is 0.382 e. The number of hydrogen-bond acceptors (Lipinski definition) is 2. The lowest BCUT2D eigenvalue weighted by Gasteiger charge is -2.30. The van der Waals surface area contributed by atoms with Gasteiger partial charge in [0.1, 0.15) is 0 Å². The van der Waals surface area contributed by atoms with Crippen LogP contribution < -0.4 is 5.32 Å². The number of anilines is 1. The Kier molecular flexibility index (Phi) is 4.46. The van der Waals surface area contributed by atoms with Crippen LogP contribution in [0, 0.1) is 0 Å². The van der Waals surface area contributed by atoms with Gasteiger partial charge < -0.3 is 10.2 Å². The first-order valence-electron chi connectivity index (χ1n) is 6.42. The molecular formula is C14H21BrN2. The van der Waals surface area contributed by atoms with E-state index in [-0.39, 0.29) is 0 Å². The molecule has 1 fully saturated rings. The lowest BCUT2D eigenvalue weighted by Crippen LogP contribution is -2.36. The van der Waals surface area contributed by atoms with Crippen molar-refractivity contribution >= 4 is 21.6 Å². The summed E-state index contributed by atoms with van der Waals surface area (Å²) in [7, 11) is 2.20. The molecule has 0 aromatic heterocycles. The van der Waals surface area contributed by atoms with Crippen molar-refractivity contribution in [2.24, 2.45) is 0 Å². The third-order valence-electron chi connectivity index (χ3n) is 3.53. The predicted octanol–water partition coefficient (Wildman–Crippen LogP) is 3.52. The number of likely N-dealkylation sites (tertiary alicyclic amines) is 1. The monoisotopic (exact) mass is 296 g/mol. The molecular weight excluding hydrogens is 276 g/mol. The van der Waals surface area contributed by atoms with Gasteiger partial charge in [-0.1, -0.05) is 22.9 Å². The molecule has 0 radical (unpaired) electrons. The van der Waals surface area contributed by atoms with Gasteiger partial charge in [-0.15, -0.1) is 0 Å². The minimum absolute atomic E-state index is 0.637. The van der Waals surface area contributed by atoms with E-state index in [1.54, 1.807) is 0 Å². The minimum Gasteiger partial charge on any atom is -0.382 e. The highest BCUT2D eigenvalue weighted by molar-refractivity contribution is 9.10. The van der Waals surface area contributed by atoms with E-state index >= 15 is 0 Å². The molecule has 1 saturated heterocycles. The van der Waals surface area contributed by atoms with E-state index in [9.17, 15) is 0 Å². The Labute approximate surface area is 113 Å². The second-order valence-corrected chi connectivity index (χ2v) is 5.79. The van der Waals surface area contributed by atoms with Crippen LogP contribution >= 0.6 is 15.9 Å². The Morgan fingerprint density at radius 3 is 2.71 bits per heavy atom. The van der Waals surface area contributed by atoms with E-state index < -0.39 is 0 Å². The van der Waals surface area contributed by atoms with Crippen molar-refractivity contribution in [2.45, 2.75) is 32.2 Å². The summed E-state index contributed by atoms with van der Waals surface area (Å²) in [5.41, 5.74) is 2.71. The zero-order chi connectivity index (χ0) is 12.3. The van der Waals surface area contributed by atoms with Crippen LogP contribution in [0.3, 0.4) is 0 Å². The molecule has 3 heteroatoms. The molecule has 2 rings (SSSR count). The molecule has 1 aromatic rings. The van der Waals surface area contributed by atoms with Gasteiger partial charge in [0.05, 0.1) is 0 Å². The van der Waals surface area contributed by atoms with Gasteiger partial charge in [-0.2, -0.15) is 0 Å². The van der Waals surface area contributed by atoms with Gasteiger partial charge in [0.15, 0.2) is 0 Å². The molecule has 17 heavy (non-hydrogen) atoms. The van der Waals surface area contributed by atoms with Gasteiger partial charge >= 0.3 is 0 Å². The molecule has 0 spiro atoms. The first-order chi connectivity index (χ1) is 8.19. The number of nitrogens with zero attached hydrogens (tertiary/aromatic N) is 1. The zero-order valence-corrected chi connectivity index (χ0v) is 12.3. The Balaban J connectivity index is 2.03. The van der Waals surface area contributed by atoms with Crippen LogP contribution in [0.1, 0.15) is 25.3 Å². The molecule has 1 heterocycles. The molecule has 1 aliphatic heterocycles. The van der Waals surface area contributed by atoms with Crippen molar-refractivity contribution in [3.05, 3.63) is 28.2 Å². The van der Waals surface area contributed by atoms with E-state index in [4.69, 9.17) is 0 Å². The summed E-state index contributed by atoms with van der Waals surface area (Å²) in [5, 5.41) is 3.70. The Hall–Kier alpha value is -0.540. The molecule has 0 bridgehead atoms. The number of piperidine rings is 1. The van der Waals surface area contributed by atoms with Gasteiger partial charge in [0.2, 0.25) is 0 Å². The highest BCUT2D eigenvalue weighted by atomic mass is 79.9. The Morgan fingerprint density at radius 2 is 2.06 bits per heavy atom. The molecule has 0 atom stereocenters. The first kappa shape index (κ1) is 12.9. The zero-order valence-electron chi connectivity index (χ0n) is 10.7. The summed E-state index contributed by atoms with van der Waals surface area (Å²) in [6.45, 7) is 4.62. The summed E-state index contributed by atoms with van der Waals surface area (Å²) in [6, 6.07) is 7.17. The number of rotatable bonds is 3. The molecule has 0 unspecified atom stereocenters. The van der Waals surface area contributed by atoms with Crippen molar-refractivity contribution < 1.29 is 0 Å². The van der Waals surface area contributed by atoms with Crippen molar-refractivity contribution in [1.82, 2.24) is 4.90 Å². The van der Waals surface area contributed by atoms with Crippen molar-refractivity contribution in [2.75, 3.05) is 25.5 Å². The van der Waals surface area contributed by atoms with Crippen LogP contribution in [-0.4, -0.2) is 31.1 Å². The fourth-order valence-corrected chi connectivity index (χ4v) is 2.78. The quantitative estimate of drug-likeness (QED) is 0.918. The van der Waals surface area contributed by atoms with Crippen molar-refractivity contribution in [1.29, 1.82) is 0 Å². The number of benzene rings is 1. The Bertz CT molecular complexity index is 370. The maximum absolute atomic E-state index is 3.70. The number of nitrogens with one attached hydrogen (secondary N) is 1. The molecule has 1 aromatic carbocycles. The summed E-state index contributed by atoms with van der Waals surface area (Å²) < 4.78 is 1.17. The Morgan fingerprint density at radius 1 is 1.35 bits per heavy atom. The van der Waals surface area contributed by atoms with Crippen molar-refractivity contribution in [3.63, 3.8) is 0 Å². The molecule has 1 N–H and O–H groups in total. The summed E-state index contributed by atoms with van der Waals surface area (Å²) in [4.78, 5) is 2.40. The van der Waals surface area contributed by atoms with E-state index in [1.807, 2.05) is 0 Å². The predicted molar refractivity (Wildman–Crippen MR) is 77.7 cm³/mol. The highest BCUT2D eigenvalue weighted by Crippen LogP contribution is 2.24. The van der Waals surface area contributed by atoms with Crippen LogP contribution in [0.4, 0.5) is 5.69 Å². The molecule has 0 aliphatic carbocycles. The van der Waals surface area contributed by atoms with Gasteiger partial charge in [-0.25, -0.2) is 0 Å². The van der Waals surface area contributed by atoms with Crippen LogP contribution in [0.25, 0.3) is 0 Å². The van der Waals surface area contributed by atoms with Crippen LogP contribution in [0.2, 0.25) is 0 Å². The molecule has 2 nitrogen and oxygen atoms in total. The SMILES string of the molecule is CCc1cc(Br)ccc1NC1CCN(C)CC1.